The molecule has 0 radical (unpaired) electrons. The zero-order valence-electron chi connectivity index (χ0n) is 15.1. The predicted molar refractivity (Wildman–Crippen MR) is 109 cm³/mol. The lowest BCUT2D eigenvalue weighted by atomic mass is 10.1. The summed E-state index contributed by atoms with van der Waals surface area (Å²) in [5.74, 6) is -0.272. The molecule has 1 aliphatic heterocycles. The van der Waals surface area contributed by atoms with Crippen molar-refractivity contribution in [3.8, 4) is 0 Å². The van der Waals surface area contributed by atoms with Gasteiger partial charge >= 0.3 is 0 Å². The molecule has 0 aliphatic carbocycles. The minimum absolute atomic E-state index is 0.00782. The molecule has 1 heterocycles. The third-order valence-electron chi connectivity index (χ3n) is 3.96. The molecule has 7 nitrogen and oxygen atoms in total. The first kappa shape index (κ1) is 18.7. The molecular formula is C19H18N4O3S. The molecule has 2 aromatic carbocycles. The molecule has 8 heteroatoms. The minimum atomic E-state index is -0.426. The van der Waals surface area contributed by atoms with Crippen molar-refractivity contribution in [2.24, 2.45) is 4.99 Å². The molecule has 3 rings (SSSR count). The van der Waals surface area contributed by atoms with Gasteiger partial charge in [-0.05, 0) is 48.0 Å². The second-order valence-corrected chi connectivity index (χ2v) is 7.20. The van der Waals surface area contributed by atoms with Crippen LogP contribution in [0.15, 0.2) is 52.4 Å². The molecule has 1 saturated heterocycles. The number of amides is 1. The smallest absolute Gasteiger partial charge is 0.293 e. The number of carbonyl (C=O) groups excluding carboxylic acids is 1. The first-order chi connectivity index (χ1) is 12.8. The number of thioether (sulfide) groups is 1. The Morgan fingerprint density at radius 1 is 1.22 bits per heavy atom. The van der Waals surface area contributed by atoms with Crippen LogP contribution in [0.4, 0.5) is 17.1 Å². The Morgan fingerprint density at radius 3 is 2.63 bits per heavy atom. The number of benzene rings is 2. The summed E-state index contributed by atoms with van der Waals surface area (Å²) < 4.78 is 0. The molecule has 0 aromatic heterocycles. The molecule has 0 atom stereocenters. The molecule has 2 aromatic rings. The Labute approximate surface area is 160 Å². The van der Waals surface area contributed by atoms with Crippen molar-refractivity contribution in [2.75, 3.05) is 19.0 Å². The monoisotopic (exact) mass is 382 g/mol. The number of carbonyl (C=O) groups is 1. The molecular weight excluding hydrogens is 364 g/mol. The highest BCUT2D eigenvalue weighted by molar-refractivity contribution is 8.18. The van der Waals surface area contributed by atoms with E-state index in [0.29, 0.717) is 21.3 Å². The number of rotatable bonds is 4. The number of nitro groups is 1. The van der Waals surface area contributed by atoms with Gasteiger partial charge in [0, 0.05) is 20.2 Å². The Morgan fingerprint density at radius 2 is 1.96 bits per heavy atom. The fourth-order valence-electron chi connectivity index (χ4n) is 2.58. The van der Waals surface area contributed by atoms with E-state index in [1.54, 1.807) is 37.2 Å². The molecule has 0 bridgehead atoms. The number of para-hydroxylation sites is 1. The number of amidine groups is 1. The lowest BCUT2D eigenvalue weighted by Gasteiger charge is -2.12. The number of aryl methyl sites for hydroxylation is 1. The number of hydrogen-bond donors (Lipinski definition) is 1. The quantitative estimate of drug-likeness (QED) is 0.493. The molecule has 0 spiro atoms. The van der Waals surface area contributed by atoms with Gasteiger partial charge in [-0.1, -0.05) is 24.3 Å². The first-order valence-corrected chi connectivity index (χ1v) is 8.98. The second-order valence-electron chi connectivity index (χ2n) is 6.17. The van der Waals surface area contributed by atoms with Crippen LogP contribution in [0.1, 0.15) is 11.1 Å². The molecule has 1 N–H and O–H groups in total. The van der Waals surface area contributed by atoms with E-state index in [-0.39, 0.29) is 11.6 Å². The zero-order chi connectivity index (χ0) is 19.6. The highest BCUT2D eigenvalue weighted by Crippen LogP contribution is 2.32. The number of hydrogen-bond acceptors (Lipinski definition) is 6. The standard InChI is InChI=1S/C19H18N4O3S/c1-12-6-4-5-7-14(12)20-19-21-18(24)17(27-19)11-13-8-9-15(22(2)3)16(10-13)23(25)26/h4-11H,1-3H3,(H,20,21,24). The molecule has 1 aliphatic rings. The second kappa shape index (κ2) is 7.63. The molecule has 0 saturated carbocycles. The summed E-state index contributed by atoms with van der Waals surface area (Å²) in [6.45, 7) is 1.95. The summed E-state index contributed by atoms with van der Waals surface area (Å²) in [4.78, 5) is 29.7. The van der Waals surface area contributed by atoms with Gasteiger partial charge in [-0.15, -0.1) is 0 Å². The van der Waals surface area contributed by atoms with Crippen LogP contribution in [0, 0.1) is 17.0 Å². The Balaban J connectivity index is 1.90. The highest BCUT2D eigenvalue weighted by atomic mass is 32.2. The van der Waals surface area contributed by atoms with Crippen molar-refractivity contribution >= 4 is 46.0 Å². The number of aliphatic imine (C=N–C) groups is 1. The summed E-state index contributed by atoms with van der Waals surface area (Å²) in [5.41, 5.74) is 2.88. The van der Waals surface area contributed by atoms with E-state index in [0.717, 1.165) is 11.3 Å². The summed E-state index contributed by atoms with van der Waals surface area (Å²) in [7, 11) is 3.49. The van der Waals surface area contributed by atoms with Gasteiger partial charge in [0.05, 0.1) is 15.5 Å². The van der Waals surface area contributed by atoms with Crippen LogP contribution >= 0.6 is 11.8 Å². The van der Waals surface area contributed by atoms with E-state index < -0.39 is 4.92 Å². The summed E-state index contributed by atoms with van der Waals surface area (Å²) in [6, 6.07) is 12.5. The highest BCUT2D eigenvalue weighted by Gasteiger charge is 2.24. The Bertz CT molecular complexity index is 983. The van der Waals surface area contributed by atoms with E-state index in [9.17, 15) is 14.9 Å². The number of anilines is 1. The molecule has 0 unspecified atom stereocenters. The van der Waals surface area contributed by atoms with Crippen LogP contribution < -0.4 is 10.2 Å². The topological polar surface area (TPSA) is 87.8 Å². The number of nitrogens with one attached hydrogen (secondary N) is 1. The van der Waals surface area contributed by atoms with E-state index >= 15 is 0 Å². The average molecular weight is 382 g/mol. The van der Waals surface area contributed by atoms with E-state index in [2.05, 4.69) is 10.3 Å². The zero-order valence-corrected chi connectivity index (χ0v) is 15.9. The van der Waals surface area contributed by atoms with Gasteiger partial charge in [-0.25, -0.2) is 4.99 Å². The van der Waals surface area contributed by atoms with Crippen LogP contribution in [-0.2, 0) is 4.79 Å². The van der Waals surface area contributed by atoms with Crippen molar-refractivity contribution in [1.82, 2.24) is 5.32 Å². The summed E-state index contributed by atoms with van der Waals surface area (Å²) in [5, 5.41) is 14.5. The molecule has 1 amide bonds. The Hall–Kier alpha value is -3.13. The average Bonchev–Trinajstić information content (AvgIpc) is 2.96. The Kier molecular flexibility index (Phi) is 5.27. The van der Waals surface area contributed by atoms with Gasteiger partial charge in [0.25, 0.3) is 11.6 Å². The maximum absolute atomic E-state index is 12.2. The maximum Gasteiger partial charge on any atom is 0.293 e. The van der Waals surface area contributed by atoms with Crippen LogP contribution in [0.5, 0.6) is 0 Å². The largest absolute Gasteiger partial charge is 0.372 e. The fourth-order valence-corrected chi connectivity index (χ4v) is 3.42. The number of nitro benzene ring substituents is 1. The minimum Gasteiger partial charge on any atom is -0.372 e. The van der Waals surface area contributed by atoms with Gasteiger partial charge in [0.15, 0.2) is 5.17 Å². The van der Waals surface area contributed by atoms with Gasteiger partial charge in [0.1, 0.15) is 5.69 Å². The van der Waals surface area contributed by atoms with E-state index in [4.69, 9.17) is 0 Å². The van der Waals surface area contributed by atoms with Crippen LogP contribution in [0.2, 0.25) is 0 Å². The summed E-state index contributed by atoms with van der Waals surface area (Å²) >= 11 is 1.21. The normalized spacial score (nSPS) is 16.6. The van der Waals surface area contributed by atoms with Crippen LogP contribution in [-0.4, -0.2) is 30.1 Å². The van der Waals surface area contributed by atoms with Crippen molar-refractivity contribution in [1.29, 1.82) is 0 Å². The molecule has 138 valence electrons. The fraction of sp³-hybridized carbons (Fsp3) is 0.158. The third kappa shape index (κ3) is 4.17. The lowest BCUT2D eigenvalue weighted by Crippen LogP contribution is -2.19. The van der Waals surface area contributed by atoms with Crippen molar-refractivity contribution in [3.05, 3.63) is 68.6 Å². The molecule has 1 fully saturated rings. The van der Waals surface area contributed by atoms with Crippen LogP contribution in [0.25, 0.3) is 6.08 Å². The van der Waals surface area contributed by atoms with Gasteiger partial charge in [-0.3, -0.25) is 14.9 Å². The van der Waals surface area contributed by atoms with Gasteiger partial charge in [-0.2, -0.15) is 0 Å². The maximum atomic E-state index is 12.2. The van der Waals surface area contributed by atoms with Crippen molar-refractivity contribution in [2.45, 2.75) is 6.92 Å². The van der Waals surface area contributed by atoms with Gasteiger partial charge < -0.3 is 10.2 Å². The summed E-state index contributed by atoms with van der Waals surface area (Å²) in [6.07, 6.45) is 1.63. The van der Waals surface area contributed by atoms with Crippen LogP contribution in [0.3, 0.4) is 0 Å². The lowest BCUT2D eigenvalue weighted by molar-refractivity contribution is -0.384. The predicted octanol–water partition coefficient (Wildman–Crippen LogP) is 3.86. The van der Waals surface area contributed by atoms with Crippen molar-refractivity contribution in [3.63, 3.8) is 0 Å². The van der Waals surface area contributed by atoms with Gasteiger partial charge in [0.2, 0.25) is 0 Å². The third-order valence-corrected chi connectivity index (χ3v) is 4.87. The van der Waals surface area contributed by atoms with E-state index in [1.807, 2.05) is 31.2 Å². The SMILES string of the molecule is Cc1ccccc1N=C1NC(=O)C(=Cc2ccc(N(C)C)c([N+](=O)[O-])c2)S1. The first-order valence-electron chi connectivity index (χ1n) is 8.16. The molecule has 27 heavy (non-hydrogen) atoms. The van der Waals surface area contributed by atoms with Crippen molar-refractivity contribution < 1.29 is 9.72 Å². The number of nitrogens with zero attached hydrogens (tertiary/aromatic N) is 3. The van der Waals surface area contributed by atoms with E-state index in [1.165, 1.54) is 17.8 Å².